The second-order valence-electron chi connectivity index (χ2n) is 3.47. The van der Waals surface area contributed by atoms with E-state index in [0.29, 0.717) is 18.4 Å². The normalized spacial score (nSPS) is 10.9. The van der Waals surface area contributed by atoms with Gasteiger partial charge in [0.25, 0.3) is 0 Å². The molecule has 1 N–H and O–H groups in total. The molecule has 1 aromatic heterocycles. The molecule has 0 saturated carbocycles. The Kier molecular flexibility index (Phi) is 3.95. The lowest BCUT2D eigenvalue weighted by Gasteiger charge is -2.05. The minimum Gasteiger partial charge on any atom is -0.474 e. The molecule has 0 saturated heterocycles. The molecular formula is C10H18N2O2. The number of aliphatic hydroxyl groups excluding tert-OH is 1. The first-order valence-corrected chi connectivity index (χ1v) is 5.00. The summed E-state index contributed by atoms with van der Waals surface area (Å²) in [6.45, 7) is 7.40. The summed E-state index contributed by atoms with van der Waals surface area (Å²) in [5, 5.41) is 12.9. The average Bonchev–Trinajstić information content (AvgIpc) is 2.58. The van der Waals surface area contributed by atoms with Gasteiger partial charge in [-0.15, -0.1) is 5.10 Å². The summed E-state index contributed by atoms with van der Waals surface area (Å²) in [5.41, 5.74) is 1.10. The SMILES string of the molecule is CCn1cc(C(C)C)c(OCCO)n1. The van der Waals surface area contributed by atoms with Crippen molar-refractivity contribution in [1.82, 2.24) is 9.78 Å². The van der Waals surface area contributed by atoms with Crippen molar-refractivity contribution in [3.8, 4) is 5.88 Å². The van der Waals surface area contributed by atoms with Crippen molar-refractivity contribution in [2.45, 2.75) is 33.2 Å². The van der Waals surface area contributed by atoms with E-state index in [-0.39, 0.29) is 6.61 Å². The Morgan fingerprint density at radius 3 is 2.79 bits per heavy atom. The Morgan fingerprint density at radius 1 is 1.57 bits per heavy atom. The summed E-state index contributed by atoms with van der Waals surface area (Å²) in [6, 6.07) is 0. The molecule has 0 fully saturated rings. The first-order valence-electron chi connectivity index (χ1n) is 5.00. The van der Waals surface area contributed by atoms with Gasteiger partial charge in [0, 0.05) is 18.3 Å². The fourth-order valence-corrected chi connectivity index (χ4v) is 1.23. The van der Waals surface area contributed by atoms with Gasteiger partial charge in [-0.05, 0) is 12.8 Å². The van der Waals surface area contributed by atoms with Crippen LogP contribution in [0.5, 0.6) is 5.88 Å². The highest BCUT2D eigenvalue weighted by molar-refractivity contribution is 5.26. The Bertz CT molecular complexity index is 282. The number of hydrogen-bond donors (Lipinski definition) is 1. The molecule has 0 aliphatic rings. The third-order valence-electron chi connectivity index (χ3n) is 2.03. The quantitative estimate of drug-likeness (QED) is 0.778. The van der Waals surface area contributed by atoms with Crippen molar-refractivity contribution >= 4 is 0 Å². The highest BCUT2D eigenvalue weighted by Gasteiger charge is 2.12. The highest BCUT2D eigenvalue weighted by Crippen LogP contribution is 2.24. The summed E-state index contributed by atoms with van der Waals surface area (Å²) < 4.78 is 7.20. The smallest absolute Gasteiger partial charge is 0.236 e. The van der Waals surface area contributed by atoms with Crippen molar-refractivity contribution in [2.75, 3.05) is 13.2 Å². The van der Waals surface area contributed by atoms with Crippen LogP contribution in [0.2, 0.25) is 0 Å². The Hall–Kier alpha value is -1.03. The molecule has 0 aliphatic carbocycles. The average molecular weight is 198 g/mol. The highest BCUT2D eigenvalue weighted by atomic mass is 16.5. The zero-order valence-corrected chi connectivity index (χ0v) is 9.03. The van der Waals surface area contributed by atoms with E-state index in [2.05, 4.69) is 18.9 Å². The monoisotopic (exact) mass is 198 g/mol. The van der Waals surface area contributed by atoms with Gasteiger partial charge in [-0.3, -0.25) is 4.68 Å². The first-order chi connectivity index (χ1) is 6.69. The van der Waals surface area contributed by atoms with Crippen LogP contribution in [0.25, 0.3) is 0 Å². The Balaban J connectivity index is 2.82. The van der Waals surface area contributed by atoms with E-state index in [1.54, 1.807) is 0 Å². The molecule has 4 nitrogen and oxygen atoms in total. The Morgan fingerprint density at radius 2 is 2.29 bits per heavy atom. The summed E-state index contributed by atoms with van der Waals surface area (Å²) in [7, 11) is 0. The molecule has 1 rings (SSSR count). The molecule has 0 unspecified atom stereocenters. The Labute approximate surface area is 84.5 Å². The number of nitrogens with zero attached hydrogens (tertiary/aromatic N) is 2. The van der Waals surface area contributed by atoms with Crippen LogP contribution in [-0.4, -0.2) is 28.1 Å². The predicted molar refractivity (Wildman–Crippen MR) is 54.6 cm³/mol. The predicted octanol–water partition coefficient (Wildman–Crippen LogP) is 1.40. The zero-order valence-electron chi connectivity index (χ0n) is 9.03. The fraction of sp³-hybridized carbons (Fsp3) is 0.700. The van der Waals surface area contributed by atoms with Crippen LogP contribution in [0.1, 0.15) is 32.3 Å². The van der Waals surface area contributed by atoms with Gasteiger partial charge in [-0.25, -0.2) is 0 Å². The molecule has 0 aliphatic heterocycles. The van der Waals surface area contributed by atoms with Crippen LogP contribution in [0, 0.1) is 0 Å². The number of ether oxygens (including phenoxy) is 1. The molecule has 0 spiro atoms. The van der Waals surface area contributed by atoms with Crippen LogP contribution in [-0.2, 0) is 6.54 Å². The number of hydrogen-bond acceptors (Lipinski definition) is 3. The van der Waals surface area contributed by atoms with Gasteiger partial charge < -0.3 is 9.84 Å². The maximum absolute atomic E-state index is 8.66. The number of aliphatic hydroxyl groups is 1. The molecule has 4 heteroatoms. The summed E-state index contributed by atoms with van der Waals surface area (Å²) >= 11 is 0. The van der Waals surface area contributed by atoms with Crippen molar-refractivity contribution in [3.63, 3.8) is 0 Å². The largest absolute Gasteiger partial charge is 0.474 e. The standard InChI is InChI=1S/C10H18N2O2/c1-4-12-7-9(8(2)3)10(11-12)14-6-5-13/h7-8,13H,4-6H2,1-3H3. The van der Waals surface area contributed by atoms with E-state index < -0.39 is 0 Å². The summed E-state index contributed by atoms with van der Waals surface area (Å²) in [6.07, 6.45) is 2.00. The lowest BCUT2D eigenvalue weighted by Crippen LogP contribution is -2.04. The van der Waals surface area contributed by atoms with E-state index in [0.717, 1.165) is 12.1 Å². The number of aromatic nitrogens is 2. The minimum atomic E-state index is 0.0243. The second kappa shape index (κ2) is 5.00. The minimum absolute atomic E-state index is 0.0243. The lowest BCUT2D eigenvalue weighted by atomic mass is 10.1. The third kappa shape index (κ3) is 2.48. The first kappa shape index (κ1) is 11.0. The van der Waals surface area contributed by atoms with Crippen molar-refractivity contribution < 1.29 is 9.84 Å². The van der Waals surface area contributed by atoms with Crippen LogP contribution >= 0.6 is 0 Å². The van der Waals surface area contributed by atoms with Gasteiger partial charge in [0.2, 0.25) is 5.88 Å². The maximum Gasteiger partial charge on any atom is 0.236 e. The topological polar surface area (TPSA) is 47.3 Å². The zero-order chi connectivity index (χ0) is 10.6. The molecule has 0 atom stereocenters. The lowest BCUT2D eigenvalue weighted by molar-refractivity contribution is 0.194. The molecule has 80 valence electrons. The second-order valence-corrected chi connectivity index (χ2v) is 3.47. The number of aryl methyl sites for hydroxylation is 1. The van der Waals surface area contributed by atoms with Crippen molar-refractivity contribution in [1.29, 1.82) is 0 Å². The van der Waals surface area contributed by atoms with Gasteiger partial charge >= 0.3 is 0 Å². The van der Waals surface area contributed by atoms with Gasteiger partial charge in [-0.2, -0.15) is 0 Å². The fourth-order valence-electron chi connectivity index (χ4n) is 1.23. The molecule has 1 heterocycles. The van der Waals surface area contributed by atoms with Crippen LogP contribution in [0.4, 0.5) is 0 Å². The molecule has 0 radical (unpaired) electrons. The van der Waals surface area contributed by atoms with Crippen molar-refractivity contribution in [3.05, 3.63) is 11.8 Å². The molecule has 0 bridgehead atoms. The van der Waals surface area contributed by atoms with Gasteiger partial charge in [0.05, 0.1) is 6.61 Å². The van der Waals surface area contributed by atoms with E-state index >= 15 is 0 Å². The summed E-state index contributed by atoms with van der Waals surface area (Å²) in [5.74, 6) is 1.04. The van der Waals surface area contributed by atoms with Gasteiger partial charge in [-0.1, -0.05) is 13.8 Å². The molecule has 0 aromatic carbocycles. The van der Waals surface area contributed by atoms with Crippen molar-refractivity contribution in [2.24, 2.45) is 0 Å². The molecule has 0 amide bonds. The van der Waals surface area contributed by atoms with Gasteiger partial charge in [0.15, 0.2) is 0 Å². The van der Waals surface area contributed by atoms with E-state index in [9.17, 15) is 0 Å². The van der Waals surface area contributed by atoms with E-state index in [4.69, 9.17) is 9.84 Å². The van der Waals surface area contributed by atoms with Gasteiger partial charge in [0.1, 0.15) is 6.61 Å². The van der Waals surface area contributed by atoms with Crippen LogP contribution < -0.4 is 4.74 Å². The van der Waals surface area contributed by atoms with Crippen LogP contribution in [0.3, 0.4) is 0 Å². The molecule has 1 aromatic rings. The van der Waals surface area contributed by atoms with Crippen LogP contribution in [0.15, 0.2) is 6.20 Å². The third-order valence-corrected chi connectivity index (χ3v) is 2.03. The maximum atomic E-state index is 8.66. The van der Waals surface area contributed by atoms with E-state index in [1.807, 2.05) is 17.8 Å². The molecular weight excluding hydrogens is 180 g/mol. The summed E-state index contributed by atoms with van der Waals surface area (Å²) in [4.78, 5) is 0. The molecule has 14 heavy (non-hydrogen) atoms. The number of rotatable bonds is 5. The van der Waals surface area contributed by atoms with E-state index in [1.165, 1.54) is 0 Å².